The average Bonchev–Trinajstić information content (AvgIpc) is 2.86. The van der Waals surface area contributed by atoms with E-state index in [2.05, 4.69) is 15.9 Å². The average molecular weight is 443 g/mol. The van der Waals surface area contributed by atoms with E-state index in [0.717, 1.165) is 0 Å². The number of esters is 2. The fourth-order valence-electron chi connectivity index (χ4n) is 2.33. The van der Waals surface area contributed by atoms with Gasteiger partial charge in [-0.05, 0) is 47.1 Å². The third kappa shape index (κ3) is 4.11. The molecule has 2 rings (SSSR count). The van der Waals surface area contributed by atoms with E-state index in [1.165, 1.54) is 25.2 Å². The van der Waals surface area contributed by atoms with Crippen molar-refractivity contribution in [3.8, 4) is 5.75 Å². The number of methoxy groups -OCH3 is 2. The molecule has 26 heavy (non-hydrogen) atoms. The Morgan fingerprint density at radius 3 is 2.42 bits per heavy atom. The SMILES string of the molecule is CCOc1c(Cl)cc(N2C=CC=CC(C(=O)OC)=C2C(=O)OC)cc1Br. The number of rotatable bonds is 5. The fraction of sp³-hybridized carbons (Fsp3) is 0.222. The predicted octanol–water partition coefficient (Wildman–Crippen LogP) is 3.99. The van der Waals surface area contributed by atoms with Gasteiger partial charge in [0.1, 0.15) is 5.70 Å². The molecule has 1 aliphatic heterocycles. The Labute approximate surface area is 164 Å². The summed E-state index contributed by atoms with van der Waals surface area (Å²) < 4.78 is 15.8. The van der Waals surface area contributed by atoms with Crippen LogP contribution in [0.25, 0.3) is 0 Å². The summed E-state index contributed by atoms with van der Waals surface area (Å²) in [5, 5.41) is 0.352. The number of allylic oxidation sites excluding steroid dienone is 2. The van der Waals surface area contributed by atoms with Gasteiger partial charge in [-0.25, -0.2) is 9.59 Å². The molecule has 1 aromatic carbocycles. The van der Waals surface area contributed by atoms with Crippen LogP contribution in [0.1, 0.15) is 6.92 Å². The maximum Gasteiger partial charge on any atom is 0.355 e. The summed E-state index contributed by atoms with van der Waals surface area (Å²) >= 11 is 9.73. The topological polar surface area (TPSA) is 65.1 Å². The van der Waals surface area contributed by atoms with Gasteiger partial charge < -0.3 is 19.1 Å². The second-order valence-corrected chi connectivity index (χ2v) is 6.25. The van der Waals surface area contributed by atoms with Gasteiger partial charge in [-0.1, -0.05) is 17.7 Å². The molecule has 8 heteroatoms. The zero-order valence-electron chi connectivity index (χ0n) is 14.4. The van der Waals surface area contributed by atoms with Crippen molar-refractivity contribution in [1.82, 2.24) is 0 Å². The van der Waals surface area contributed by atoms with Gasteiger partial charge in [0.05, 0.1) is 35.9 Å². The van der Waals surface area contributed by atoms with E-state index in [1.807, 2.05) is 6.92 Å². The normalized spacial score (nSPS) is 13.5. The second kappa shape index (κ2) is 8.91. The predicted molar refractivity (Wildman–Crippen MR) is 102 cm³/mol. The second-order valence-electron chi connectivity index (χ2n) is 4.99. The number of hydrogen-bond acceptors (Lipinski definition) is 6. The van der Waals surface area contributed by atoms with Crippen LogP contribution in [-0.4, -0.2) is 32.8 Å². The first-order chi connectivity index (χ1) is 12.4. The van der Waals surface area contributed by atoms with Crippen molar-refractivity contribution in [2.75, 3.05) is 25.7 Å². The summed E-state index contributed by atoms with van der Waals surface area (Å²) in [5.74, 6) is -0.860. The molecule has 0 aromatic heterocycles. The highest BCUT2D eigenvalue weighted by Crippen LogP contribution is 2.39. The molecule has 0 amide bonds. The largest absolute Gasteiger partial charge is 0.491 e. The third-order valence-corrected chi connectivity index (χ3v) is 4.31. The number of ether oxygens (including phenoxy) is 3. The van der Waals surface area contributed by atoms with E-state index in [9.17, 15) is 9.59 Å². The third-order valence-electron chi connectivity index (χ3n) is 3.44. The highest BCUT2D eigenvalue weighted by atomic mass is 79.9. The molecule has 0 bridgehead atoms. The molecule has 0 N–H and O–H groups in total. The van der Waals surface area contributed by atoms with Crippen LogP contribution in [0.4, 0.5) is 5.69 Å². The maximum atomic E-state index is 12.4. The molecular weight excluding hydrogens is 426 g/mol. The van der Waals surface area contributed by atoms with Crippen LogP contribution in [0.5, 0.6) is 5.75 Å². The Balaban J connectivity index is 2.65. The molecule has 0 saturated heterocycles. The molecule has 0 aliphatic carbocycles. The summed E-state index contributed by atoms with van der Waals surface area (Å²) in [6, 6.07) is 3.36. The molecule has 1 heterocycles. The summed E-state index contributed by atoms with van der Waals surface area (Å²) in [7, 11) is 2.48. The molecule has 0 spiro atoms. The van der Waals surface area contributed by atoms with Gasteiger partial charge in [-0.3, -0.25) is 0 Å². The van der Waals surface area contributed by atoms with Crippen LogP contribution in [-0.2, 0) is 19.1 Å². The Hall–Kier alpha value is -2.25. The van der Waals surface area contributed by atoms with E-state index < -0.39 is 11.9 Å². The molecule has 0 radical (unpaired) electrons. The lowest BCUT2D eigenvalue weighted by Gasteiger charge is -2.24. The summed E-state index contributed by atoms with van der Waals surface area (Å²) in [6.07, 6.45) is 6.41. The van der Waals surface area contributed by atoms with Crippen molar-refractivity contribution in [1.29, 1.82) is 0 Å². The van der Waals surface area contributed by atoms with Crippen molar-refractivity contribution in [3.63, 3.8) is 0 Å². The number of hydrogen-bond donors (Lipinski definition) is 0. The van der Waals surface area contributed by atoms with Gasteiger partial charge in [0.15, 0.2) is 5.75 Å². The highest BCUT2D eigenvalue weighted by Gasteiger charge is 2.28. The van der Waals surface area contributed by atoms with E-state index in [1.54, 1.807) is 30.5 Å². The van der Waals surface area contributed by atoms with Crippen LogP contribution in [0, 0.1) is 0 Å². The molecule has 6 nitrogen and oxygen atoms in total. The minimum atomic E-state index is -0.692. The smallest absolute Gasteiger partial charge is 0.355 e. The minimum Gasteiger partial charge on any atom is -0.491 e. The Bertz CT molecular complexity index is 793. The molecule has 0 unspecified atom stereocenters. The molecule has 0 fully saturated rings. The first kappa shape index (κ1) is 20.1. The first-order valence-electron chi connectivity index (χ1n) is 7.61. The van der Waals surface area contributed by atoms with Gasteiger partial charge in [0.2, 0.25) is 0 Å². The lowest BCUT2D eigenvalue weighted by molar-refractivity contribution is -0.139. The lowest BCUT2D eigenvalue weighted by Crippen LogP contribution is -2.27. The van der Waals surface area contributed by atoms with Crippen LogP contribution < -0.4 is 9.64 Å². The number of anilines is 1. The lowest BCUT2D eigenvalue weighted by atomic mass is 10.1. The van der Waals surface area contributed by atoms with Gasteiger partial charge in [-0.2, -0.15) is 0 Å². The highest BCUT2D eigenvalue weighted by molar-refractivity contribution is 9.10. The zero-order chi connectivity index (χ0) is 19.3. The van der Waals surface area contributed by atoms with Crippen molar-refractivity contribution in [3.05, 3.63) is 57.3 Å². The van der Waals surface area contributed by atoms with Crippen LogP contribution in [0.2, 0.25) is 5.02 Å². The summed E-state index contributed by atoms with van der Waals surface area (Å²) in [4.78, 5) is 26.1. The van der Waals surface area contributed by atoms with E-state index in [4.69, 9.17) is 25.8 Å². The van der Waals surface area contributed by atoms with Gasteiger partial charge >= 0.3 is 11.9 Å². The Morgan fingerprint density at radius 1 is 1.15 bits per heavy atom. The molecule has 0 atom stereocenters. The quantitative estimate of drug-likeness (QED) is 0.643. The molecule has 0 saturated carbocycles. The van der Waals surface area contributed by atoms with Crippen molar-refractivity contribution >= 4 is 45.2 Å². The van der Waals surface area contributed by atoms with Crippen molar-refractivity contribution < 1.29 is 23.8 Å². The summed E-state index contributed by atoms with van der Waals surface area (Å²) in [6.45, 7) is 2.30. The monoisotopic (exact) mass is 441 g/mol. The van der Waals surface area contributed by atoms with Crippen LogP contribution in [0.15, 0.2) is 52.3 Å². The summed E-state index contributed by atoms with van der Waals surface area (Å²) in [5.41, 5.74) is 0.606. The van der Waals surface area contributed by atoms with E-state index in [-0.39, 0.29) is 11.3 Å². The number of carbonyl (C=O) groups is 2. The number of nitrogens with zero attached hydrogens (tertiary/aromatic N) is 1. The molecular formula is C18H17BrClNO5. The Kier molecular flexibility index (Phi) is 6.88. The number of carbonyl (C=O) groups excluding carboxylic acids is 2. The molecule has 138 valence electrons. The van der Waals surface area contributed by atoms with E-state index in [0.29, 0.717) is 27.5 Å². The van der Waals surface area contributed by atoms with Crippen LogP contribution in [0.3, 0.4) is 0 Å². The van der Waals surface area contributed by atoms with Crippen LogP contribution >= 0.6 is 27.5 Å². The fourth-order valence-corrected chi connectivity index (χ4v) is 3.28. The number of halogens is 2. The molecule has 1 aromatic rings. The van der Waals surface area contributed by atoms with E-state index >= 15 is 0 Å². The number of benzene rings is 1. The van der Waals surface area contributed by atoms with Gasteiger partial charge in [0, 0.05) is 11.9 Å². The van der Waals surface area contributed by atoms with Gasteiger partial charge in [-0.15, -0.1) is 0 Å². The zero-order valence-corrected chi connectivity index (χ0v) is 16.8. The Morgan fingerprint density at radius 2 is 1.85 bits per heavy atom. The minimum absolute atomic E-state index is 0.0106. The van der Waals surface area contributed by atoms with Crippen molar-refractivity contribution in [2.45, 2.75) is 6.92 Å². The molecule has 1 aliphatic rings. The first-order valence-corrected chi connectivity index (χ1v) is 8.78. The van der Waals surface area contributed by atoms with Crippen molar-refractivity contribution in [2.24, 2.45) is 0 Å². The standard InChI is InChI=1S/C18H17BrClNO5/c1-4-26-16-13(19)9-11(10-14(16)20)21-8-6-5-7-12(17(22)24-2)15(21)18(23)25-3/h5-10H,4H2,1-3H3. The van der Waals surface area contributed by atoms with Gasteiger partial charge in [0.25, 0.3) is 0 Å². The maximum absolute atomic E-state index is 12.4.